The second-order valence-corrected chi connectivity index (χ2v) is 9.73. The van der Waals surface area contributed by atoms with Gasteiger partial charge >= 0.3 is 6.03 Å². The smallest absolute Gasteiger partial charge is 0.317 e. The first-order chi connectivity index (χ1) is 17.7. The zero-order chi connectivity index (χ0) is 26.9. The molecule has 0 radical (unpaired) electrons. The number of likely N-dealkylation sites (tertiary alicyclic amines) is 1. The van der Waals surface area contributed by atoms with E-state index < -0.39 is 0 Å². The van der Waals surface area contributed by atoms with Crippen molar-refractivity contribution in [1.29, 1.82) is 0 Å². The third-order valence-electron chi connectivity index (χ3n) is 6.88. The van der Waals surface area contributed by atoms with E-state index in [9.17, 15) is 9.59 Å². The predicted octanol–water partition coefficient (Wildman–Crippen LogP) is 3.76. The largest absolute Gasteiger partial charge is 0.495 e. The zero-order valence-corrected chi connectivity index (χ0v) is 22.8. The highest BCUT2D eigenvalue weighted by molar-refractivity contribution is 6.10. The van der Waals surface area contributed by atoms with Crippen molar-refractivity contribution in [3.05, 3.63) is 47.5 Å². The first kappa shape index (κ1) is 28.1. The van der Waals surface area contributed by atoms with Crippen LogP contribution in [0.3, 0.4) is 0 Å². The molecule has 0 aliphatic carbocycles. The number of nitrogen functional groups attached to an aromatic ring is 1. The summed E-state index contributed by atoms with van der Waals surface area (Å²) in [6.07, 6.45) is 3.59. The molecular formula is C28H41N5O4. The molecule has 37 heavy (non-hydrogen) atoms. The number of nitrogens with zero attached hydrogens (tertiary/aromatic N) is 3. The van der Waals surface area contributed by atoms with Crippen LogP contribution in [-0.2, 0) is 0 Å². The molecule has 0 spiro atoms. The maximum Gasteiger partial charge on any atom is 0.317 e. The number of methoxy groups -OCH3 is 1. The minimum Gasteiger partial charge on any atom is -0.495 e. The minimum absolute atomic E-state index is 0.0102. The number of benzene rings is 2. The maximum absolute atomic E-state index is 13.2. The van der Waals surface area contributed by atoms with E-state index in [1.54, 1.807) is 30.1 Å². The van der Waals surface area contributed by atoms with Crippen LogP contribution in [-0.4, -0.2) is 82.3 Å². The van der Waals surface area contributed by atoms with Gasteiger partial charge in [0.15, 0.2) is 0 Å². The van der Waals surface area contributed by atoms with Crippen molar-refractivity contribution < 1.29 is 19.1 Å². The number of hydrogen-bond donors (Lipinski definition) is 2. The van der Waals surface area contributed by atoms with E-state index in [0.717, 1.165) is 44.3 Å². The highest BCUT2D eigenvalue weighted by Gasteiger charge is 2.24. The van der Waals surface area contributed by atoms with Gasteiger partial charge in [0.2, 0.25) is 0 Å². The number of amides is 3. The Balaban J connectivity index is 1.49. The number of ether oxygens (including phenoxy) is 2. The number of unbranched alkanes of at least 4 members (excludes halogenated alkanes) is 1. The second kappa shape index (κ2) is 13.2. The summed E-state index contributed by atoms with van der Waals surface area (Å²) in [5.41, 5.74) is 8.52. The Morgan fingerprint density at radius 2 is 1.81 bits per heavy atom. The molecule has 0 saturated carbocycles. The maximum atomic E-state index is 13.2. The molecule has 2 aromatic carbocycles. The van der Waals surface area contributed by atoms with Crippen LogP contribution in [0.4, 0.5) is 16.2 Å². The number of aryl methyl sites for hydroxylation is 1. The number of para-hydroxylation sites is 1. The van der Waals surface area contributed by atoms with Gasteiger partial charge in [-0.15, -0.1) is 0 Å². The third kappa shape index (κ3) is 7.29. The van der Waals surface area contributed by atoms with Gasteiger partial charge < -0.3 is 35.2 Å². The molecule has 202 valence electrons. The summed E-state index contributed by atoms with van der Waals surface area (Å²) in [6.45, 7) is 4.65. The standard InChI is InChI=1S/C28H41N5O4/c1-20-11-12-23(32(4)27(34)22-9-8-10-24(36-5)26(22)29)25(19-20)37-18-7-6-15-30-28(35)33-16-13-21(14-17-33)31(2)3/h8-12,19,21H,6-7,13-18,29H2,1-5H3,(H,30,35). The quantitative estimate of drug-likeness (QED) is 0.372. The topological polar surface area (TPSA) is 100 Å². The Labute approximate surface area is 220 Å². The summed E-state index contributed by atoms with van der Waals surface area (Å²) in [5.74, 6) is 0.845. The van der Waals surface area contributed by atoms with E-state index in [4.69, 9.17) is 15.2 Å². The number of piperidine rings is 1. The lowest BCUT2D eigenvalue weighted by Crippen LogP contribution is -2.48. The third-order valence-corrected chi connectivity index (χ3v) is 6.88. The summed E-state index contributed by atoms with van der Waals surface area (Å²) in [4.78, 5) is 31.3. The van der Waals surface area contributed by atoms with Crippen LogP contribution in [0.5, 0.6) is 11.5 Å². The molecule has 0 unspecified atom stereocenters. The van der Waals surface area contributed by atoms with Crippen LogP contribution in [0.15, 0.2) is 36.4 Å². The van der Waals surface area contributed by atoms with E-state index in [1.165, 1.54) is 7.11 Å². The van der Waals surface area contributed by atoms with Crippen molar-refractivity contribution in [3.63, 3.8) is 0 Å². The number of rotatable bonds is 10. The van der Waals surface area contributed by atoms with Gasteiger partial charge in [-0.2, -0.15) is 0 Å². The number of anilines is 2. The Morgan fingerprint density at radius 3 is 2.49 bits per heavy atom. The van der Waals surface area contributed by atoms with Crippen LogP contribution >= 0.6 is 0 Å². The number of nitrogens with one attached hydrogen (secondary N) is 1. The number of urea groups is 1. The van der Waals surface area contributed by atoms with Gasteiger partial charge in [-0.1, -0.05) is 12.1 Å². The van der Waals surface area contributed by atoms with E-state index in [1.807, 2.05) is 30.0 Å². The summed E-state index contributed by atoms with van der Waals surface area (Å²) in [7, 11) is 7.41. The molecule has 1 aliphatic rings. The van der Waals surface area contributed by atoms with Crippen LogP contribution in [0.2, 0.25) is 0 Å². The van der Waals surface area contributed by atoms with Gasteiger partial charge in [-0.25, -0.2) is 4.79 Å². The summed E-state index contributed by atoms with van der Waals surface area (Å²) < 4.78 is 11.3. The molecule has 1 heterocycles. The van der Waals surface area contributed by atoms with Crippen molar-refractivity contribution in [2.75, 3.05) is 65.1 Å². The van der Waals surface area contributed by atoms with Crippen molar-refractivity contribution >= 4 is 23.3 Å². The van der Waals surface area contributed by atoms with E-state index >= 15 is 0 Å². The predicted molar refractivity (Wildman–Crippen MR) is 148 cm³/mol. The molecule has 0 aromatic heterocycles. The number of nitrogens with two attached hydrogens (primary N) is 1. The van der Waals surface area contributed by atoms with Gasteiger partial charge in [0.1, 0.15) is 11.5 Å². The molecule has 3 N–H and O–H groups in total. The molecule has 0 atom stereocenters. The summed E-state index contributed by atoms with van der Waals surface area (Å²) >= 11 is 0. The molecule has 3 rings (SSSR count). The highest BCUT2D eigenvalue weighted by Crippen LogP contribution is 2.32. The first-order valence-corrected chi connectivity index (χ1v) is 12.9. The Hall–Kier alpha value is -3.46. The lowest BCUT2D eigenvalue weighted by molar-refractivity contribution is 0.0992. The number of carbonyl (C=O) groups is 2. The average molecular weight is 512 g/mol. The fourth-order valence-electron chi connectivity index (χ4n) is 4.51. The lowest BCUT2D eigenvalue weighted by atomic mass is 10.0. The molecule has 1 fully saturated rings. The van der Waals surface area contributed by atoms with Crippen molar-refractivity contribution in [1.82, 2.24) is 15.1 Å². The fourth-order valence-corrected chi connectivity index (χ4v) is 4.51. The SMILES string of the molecule is COc1cccc(C(=O)N(C)c2ccc(C)cc2OCCCCNC(=O)N2CCC(N(C)C)CC2)c1N. The molecule has 9 heteroatoms. The lowest BCUT2D eigenvalue weighted by Gasteiger charge is -2.35. The van der Waals surface area contributed by atoms with Crippen molar-refractivity contribution in [2.24, 2.45) is 0 Å². The van der Waals surface area contributed by atoms with Crippen molar-refractivity contribution in [2.45, 2.75) is 38.6 Å². The Kier molecular flexibility index (Phi) is 10.0. The van der Waals surface area contributed by atoms with Gasteiger partial charge in [0.05, 0.1) is 30.7 Å². The average Bonchev–Trinajstić information content (AvgIpc) is 2.90. The molecule has 1 saturated heterocycles. The van der Waals surface area contributed by atoms with Crippen molar-refractivity contribution in [3.8, 4) is 11.5 Å². The van der Waals surface area contributed by atoms with Gasteiger partial charge in [-0.3, -0.25) is 4.79 Å². The molecular weight excluding hydrogens is 470 g/mol. The normalized spacial score (nSPS) is 13.9. The van der Waals surface area contributed by atoms with Crippen LogP contribution < -0.4 is 25.4 Å². The van der Waals surface area contributed by atoms with Gasteiger partial charge in [0.25, 0.3) is 5.91 Å². The molecule has 3 amide bonds. The number of hydrogen-bond acceptors (Lipinski definition) is 6. The molecule has 9 nitrogen and oxygen atoms in total. The highest BCUT2D eigenvalue weighted by atomic mass is 16.5. The molecule has 1 aliphatic heterocycles. The zero-order valence-electron chi connectivity index (χ0n) is 22.8. The monoisotopic (exact) mass is 511 g/mol. The summed E-state index contributed by atoms with van der Waals surface area (Å²) in [6, 6.07) is 11.5. The molecule has 0 bridgehead atoms. The minimum atomic E-state index is -0.248. The summed E-state index contributed by atoms with van der Waals surface area (Å²) in [5, 5.41) is 3.02. The fraction of sp³-hybridized carbons (Fsp3) is 0.500. The van der Waals surface area contributed by atoms with E-state index in [0.29, 0.717) is 47.6 Å². The second-order valence-electron chi connectivity index (χ2n) is 9.73. The van der Waals surface area contributed by atoms with E-state index in [2.05, 4.69) is 24.3 Å². The van der Waals surface area contributed by atoms with Crippen LogP contribution in [0, 0.1) is 6.92 Å². The Bertz CT molecular complexity index is 1070. The number of carbonyl (C=O) groups excluding carboxylic acids is 2. The molecule has 2 aromatic rings. The Morgan fingerprint density at radius 1 is 1.08 bits per heavy atom. The first-order valence-electron chi connectivity index (χ1n) is 12.9. The van der Waals surface area contributed by atoms with Gasteiger partial charge in [-0.05, 0) is 76.5 Å². The van der Waals surface area contributed by atoms with Crippen LogP contribution in [0.25, 0.3) is 0 Å². The van der Waals surface area contributed by atoms with Gasteiger partial charge in [0, 0.05) is 32.7 Å². The van der Waals surface area contributed by atoms with Crippen LogP contribution in [0.1, 0.15) is 41.6 Å². The van der Waals surface area contributed by atoms with E-state index in [-0.39, 0.29) is 11.9 Å².